The van der Waals surface area contributed by atoms with Crippen LogP contribution >= 0.6 is 0 Å². The number of aliphatic hydroxyl groups is 1. The van der Waals surface area contributed by atoms with E-state index < -0.39 is 12.3 Å². The van der Waals surface area contributed by atoms with Gasteiger partial charge in [-0.2, -0.15) is 0 Å². The molecule has 5 heteroatoms. The minimum atomic E-state index is -1.20. The van der Waals surface area contributed by atoms with E-state index in [0.29, 0.717) is 11.3 Å². The Balaban J connectivity index is 1.91. The molecule has 2 rings (SSSR count). The molecule has 1 unspecified atom stereocenters. The largest absolute Gasteiger partial charge is 0.504 e. The zero-order valence-electron chi connectivity index (χ0n) is 12.7. The van der Waals surface area contributed by atoms with Gasteiger partial charge in [0.25, 0.3) is 0 Å². The number of aliphatic hydroxyl groups excluding tert-OH is 1. The van der Waals surface area contributed by atoms with E-state index in [0.717, 1.165) is 5.56 Å². The number of phenolic OH excluding ortho intramolecular Hbond substituents is 1. The number of carbonyl (C=O) groups excluding carboxylic acids is 1. The number of esters is 1. The van der Waals surface area contributed by atoms with Gasteiger partial charge >= 0.3 is 5.97 Å². The average Bonchev–Trinajstić information content (AvgIpc) is 2.55. The molecule has 0 aromatic heterocycles. The molecule has 0 amide bonds. The highest BCUT2D eigenvalue weighted by molar-refractivity contribution is 5.87. The van der Waals surface area contributed by atoms with E-state index in [1.54, 1.807) is 12.1 Å². The van der Waals surface area contributed by atoms with Gasteiger partial charge < -0.3 is 19.7 Å². The fraction of sp³-hybridized carbons (Fsp3) is 0.167. The summed E-state index contributed by atoms with van der Waals surface area (Å²) in [5.74, 6) is -0.324. The van der Waals surface area contributed by atoms with Gasteiger partial charge in [-0.3, -0.25) is 0 Å². The lowest BCUT2D eigenvalue weighted by molar-refractivity contribution is -0.161. The first-order valence-corrected chi connectivity index (χ1v) is 7.06. The second kappa shape index (κ2) is 8.00. The molecule has 0 saturated heterocycles. The van der Waals surface area contributed by atoms with Crippen LogP contribution in [0.15, 0.2) is 54.6 Å². The van der Waals surface area contributed by atoms with Gasteiger partial charge in [0.1, 0.15) is 0 Å². The smallest absolute Gasteiger partial charge is 0.333 e. The van der Waals surface area contributed by atoms with E-state index in [-0.39, 0.29) is 12.2 Å². The quantitative estimate of drug-likeness (QED) is 0.487. The molecule has 0 fully saturated rings. The summed E-state index contributed by atoms with van der Waals surface area (Å²) in [6.07, 6.45) is 1.75. The second-order valence-electron chi connectivity index (χ2n) is 4.85. The van der Waals surface area contributed by atoms with Crippen molar-refractivity contribution in [3.8, 4) is 11.5 Å². The van der Waals surface area contributed by atoms with E-state index in [2.05, 4.69) is 0 Å². The predicted molar refractivity (Wildman–Crippen MR) is 85.9 cm³/mol. The van der Waals surface area contributed by atoms with Crippen LogP contribution in [-0.2, 0) is 16.0 Å². The van der Waals surface area contributed by atoms with Crippen molar-refractivity contribution in [2.45, 2.75) is 12.7 Å². The maximum Gasteiger partial charge on any atom is 0.333 e. The molecule has 0 spiro atoms. The number of benzene rings is 2. The van der Waals surface area contributed by atoms with Crippen LogP contribution in [0.5, 0.6) is 11.5 Å². The summed E-state index contributed by atoms with van der Waals surface area (Å²) >= 11 is 0. The Kier molecular flexibility index (Phi) is 5.77. The second-order valence-corrected chi connectivity index (χ2v) is 4.85. The van der Waals surface area contributed by atoms with Crippen LogP contribution in [0, 0.1) is 0 Å². The Labute approximate surface area is 134 Å². The number of aromatic hydroxyl groups is 1. The Morgan fingerprint density at radius 1 is 1.22 bits per heavy atom. The van der Waals surface area contributed by atoms with Gasteiger partial charge in [0, 0.05) is 12.5 Å². The third-order valence-electron chi connectivity index (χ3n) is 3.12. The molecule has 0 bridgehead atoms. The molecule has 120 valence electrons. The topological polar surface area (TPSA) is 76.0 Å². The number of rotatable bonds is 6. The number of phenols is 1. The number of ether oxygens (including phenoxy) is 2. The van der Waals surface area contributed by atoms with E-state index in [4.69, 9.17) is 9.47 Å². The van der Waals surface area contributed by atoms with Gasteiger partial charge in [-0.25, -0.2) is 4.79 Å². The van der Waals surface area contributed by atoms with E-state index in [1.807, 2.05) is 30.3 Å². The van der Waals surface area contributed by atoms with E-state index >= 15 is 0 Å². The summed E-state index contributed by atoms with van der Waals surface area (Å²) in [6, 6.07) is 13.9. The van der Waals surface area contributed by atoms with Crippen LogP contribution in [0.25, 0.3) is 6.08 Å². The Morgan fingerprint density at radius 3 is 2.65 bits per heavy atom. The van der Waals surface area contributed by atoms with E-state index in [1.165, 1.54) is 25.3 Å². The van der Waals surface area contributed by atoms with Crippen molar-refractivity contribution in [1.82, 2.24) is 0 Å². The van der Waals surface area contributed by atoms with Crippen molar-refractivity contribution in [3.63, 3.8) is 0 Å². The minimum absolute atomic E-state index is 0.0190. The summed E-state index contributed by atoms with van der Waals surface area (Å²) in [5.41, 5.74) is 1.54. The van der Waals surface area contributed by atoms with Gasteiger partial charge in [0.15, 0.2) is 11.5 Å². The van der Waals surface area contributed by atoms with Crippen molar-refractivity contribution in [1.29, 1.82) is 0 Å². The summed E-state index contributed by atoms with van der Waals surface area (Å²) in [5, 5.41) is 19.3. The molecule has 0 heterocycles. The monoisotopic (exact) mass is 314 g/mol. The maximum absolute atomic E-state index is 11.7. The lowest BCUT2D eigenvalue weighted by atomic mass is 10.1. The summed E-state index contributed by atoms with van der Waals surface area (Å²) in [4.78, 5) is 11.7. The molecule has 23 heavy (non-hydrogen) atoms. The SMILES string of the molecule is COc1cc(/C=C/C(=O)OC(O)Cc2ccccc2)ccc1O. The molecular formula is C18H18O5. The highest BCUT2D eigenvalue weighted by Crippen LogP contribution is 2.26. The molecule has 0 aliphatic rings. The zero-order valence-corrected chi connectivity index (χ0v) is 12.7. The van der Waals surface area contributed by atoms with Gasteiger partial charge in [0.05, 0.1) is 7.11 Å². The highest BCUT2D eigenvalue weighted by atomic mass is 16.6. The molecule has 0 saturated carbocycles. The first-order chi connectivity index (χ1) is 11.1. The first kappa shape index (κ1) is 16.6. The number of carbonyl (C=O) groups is 1. The van der Waals surface area contributed by atoms with Gasteiger partial charge in [-0.1, -0.05) is 36.4 Å². The van der Waals surface area contributed by atoms with Crippen molar-refractivity contribution in [2.75, 3.05) is 7.11 Å². The predicted octanol–water partition coefficient (Wildman–Crippen LogP) is 2.52. The zero-order chi connectivity index (χ0) is 16.7. The highest BCUT2D eigenvalue weighted by Gasteiger charge is 2.09. The van der Waals surface area contributed by atoms with Crippen LogP contribution < -0.4 is 4.74 Å². The van der Waals surface area contributed by atoms with Gasteiger partial charge in [-0.05, 0) is 29.3 Å². The lowest BCUT2D eigenvalue weighted by Crippen LogP contribution is -2.18. The van der Waals surface area contributed by atoms with Crippen LogP contribution in [0.1, 0.15) is 11.1 Å². The Bertz CT molecular complexity index is 679. The fourth-order valence-corrected chi connectivity index (χ4v) is 1.99. The Morgan fingerprint density at radius 2 is 1.96 bits per heavy atom. The minimum Gasteiger partial charge on any atom is -0.504 e. The van der Waals surface area contributed by atoms with E-state index in [9.17, 15) is 15.0 Å². The van der Waals surface area contributed by atoms with Crippen LogP contribution in [0.4, 0.5) is 0 Å². The number of hydrogen-bond donors (Lipinski definition) is 2. The maximum atomic E-state index is 11.7. The summed E-state index contributed by atoms with van der Waals surface area (Å²) < 4.78 is 9.89. The van der Waals surface area contributed by atoms with Gasteiger partial charge in [-0.15, -0.1) is 0 Å². The van der Waals surface area contributed by atoms with Crippen LogP contribution in [0.2, 0.25) is 0 Å². The normalized spacial score (nSPS) is 12.1. The van der Waals surface area contributed by atoms with Crippen LogP contribution in [-0.4, -0.2) is 29.6 Å². The van der Waals surface area contributed by atoms with Crippen molar-refractivity contribution in [3.05, 3.63) is 65.7 Å². The molecule has 2 aromatic rings. The number of methoxy groups -OCH3 is 1. The molecule has 1 atom stereocenters. The molecule has 2 N–H and O–H groups in total. The molecule has 5 nitrogen and oxygen atoms in total. The number of hydrogen-bond acceptors (Lipinski definition) is 5. The molecule has 2 aromatic carbocycles. The lowest BCUT2D eigenvalue weighted by Gasteiger charge is -2.10. The van der Waals surface area contributed by atoms with Crippen LogP contribution in [0.3, 0.4) is 0 Å². The summed E-state index contributed by atoms with van der Waals surface area (Å²) in [6.45, 7) is 0. The van der Waals surface area contributed by atoms with Gasteiger partial charge in [0.2, 0.25) is 6.29 Å². The molecular weight excluding hydrogens is 296 g/mol. The standard InChI is InChI=1S/C18H18O5/c1-22-16-11-14(7-9-15(16)19)8-10-17(20)23-18(21)12-13-5-3-2-4-6-13/h2-11,18-19,21H,12H2,1H3/b10-8+. The first-order valence-electron chi connectivity index (χ1n) is 7.06. The average molecular weight is 314 g/mol. The van der Waals surface area contributed by atoms with Crippen molar-refractivity contribution < 1.29 is 24.5 Å². The third kappa shape index (κ3) is 5.16. The summed E-state index contributed by atoms with van der Waals surface area (Å²) in [7, 11) is 1.44. The molecule has 0 radical (unpaired) electrons. The van der Waals surface area contributed by atoms with Crippen molar-refractivity contribution in [2.24, 2.45) is 0 Å². The fourth-order valence-electron chi connectivity index (χ4n) is 1.99. The molecule has 0 aliphatic carbocycles. The third-order valence-corrected chi connectivity index (χ3v) is 3.12. The Hall–Kier alpha value is -2.79. The van der Waals surface area contributed by atoms with Crippen molar-refractivity contribution >= 4 is 12.0 Å². The molecule has 0 aliphatic heterocycles.